The van der Waals surface area contributed by atoms with Crippen LogP contribution in [-0.4, -0.2) is 16.6 Å². The van der Waals surface area contributed by atoms with Crippen LogP contribution in [0.1, 0.15) is 23.9 Å². The van der Waals surface area contributed by atoms with E-state index in [0.717, 1.165) is 35.1 Å². The number of hydrogen-bond acceptors (Lipinski definition) is 3. The zero-order valence-electron chi connectivity index (χ0n) is 13.7. The maximum absolute atomic E-state index is 9.66. The fourth-order valence-electron chi connectivity index (χ4n) is 2.54. The molecule has 0 aliphatic rings. The first kappa shape index (κ1) is 18.2. The predicted octanol–water partition coefficient (Wildman–Crippen LogP) is 5.54. The number of aromatic amines is 1. The van der Waals surface area contributed by atoms with E-state index in [1.54, 1.807) is 0 Å². The molecule has 3 rings (SSSR count). The number of allylic oxidation sites excluding steroid dienone is 1. The fourth-order valence-corrected chi connectivity index (χ4v) is 4.59. The topological polar surface area (TPSA) is 61.7 Å². The molecule has 0 fully saturated rings. The molecule has 0 amide bonds. The van der Waals surface area contributed by atoms with Crippen LogP contribution in [0.4, 0.5) is 0 Å². The summed E-state index contributed by atoms with van der Waals surface area (Å²) in [7, 11) is 0. The first-order valence-corrected chi connectivity index (χ1v) is 9.88. The maximum atomic E-state index is 9.66. The van der Waals surface area contributed by atoms with Crippen molar-refractivity contribution in [1.29, 1.82) is 5.26 Å². The molecule has 2 aromatic carbocycles. The van der Waals surface area contributed by atoms with E-state index in [-0.39, 0.29) is 0 Å². The lowest BCUT2D eigenvalue weighted by atomic mass is 10.1. The van der Waals surface area contributed by atoms with Gasteiger partial charge in [-0.2, -0.15) is 5.26 Å². The summed E-state index contributed by atoms with van der Waals surface area (Å²) in [6, 6.07) is 12.3. The second-order valence-electron chi connectivity index (χ2n) is 5.51. The first-order chi connectivity index (χ1) is 12.0. The molecule has 0 saturated heterocycles. The molecule has 1 heterocycles. The van der Waals surface area contributed by atoms with Crippen molar-refractivity contribution in [2.45, 2.75) is 13.8 Å². The Morgan fingerprint density at radius 1 is 1.32 bits per heavy atom. The smallest absolute Gasteiger partial charge is 0.149 e. The number of imidazole rings is 1. The molecule has 1 aromatic heterocycles. The third-order valence-corrected chi connectivity index (χ3v) is 5.06. The highest BCUT2D eigenvalue weighted by Gasteiger charge is 2.12. The van der Waals surface area contributed by atoms with Gasteiger partial charge in [-0.3, -0.25) is 0 Å². The standard InChI is InChI=1S/C19H15I2N3O/c1-3-25-18-12(8-14(20)9-15(18)21)7-13(10-22)19-23-16-5-4-11(2)6-17(16)24-19/h4-9H,3H2,1-2H3,(H,23,24). The summed E-state index contributed by atoms with van der Waals surface area (Å²) in [5.74, 6) is 1.36. The summed E-state index contributed by atoms with van der Waals surface area (Å²) in [6.45, 7) is 4.56. The van der Waals surface area contributed by atoms with Gasteiger partial charge in [0.25, 0.3) is 0 Å². The predicted molar refractivity (Wildman–Crippen MR) is 117 cm³/mol. The maximum Gasteiger partial charge on any atom is 0.149 e. The Morgan fingerprint density at radius 3 is 2.84 bits per heavy atom. The molecular weight excluding hydrogens is 540 g/mol. The van der Waals surface area contributed by atoms with Crippen molar-refractivity contribution in [1.82, 2.24) is 9.97 Å². The molecule has 0 aliphatic heterocycles. The van der Waals surface area contributed by atoms with Gasteiger partial charge in [-0.1, -0.05) is 6.07 Å². The van der Waals surface area contributed by atoms with Crippen LogP contribution < -0.4 is 4.74 Å². The molecule has 0 spiro atoms. The van der Waals surface area contributed by atoms with Crippen molar-refractivity contribution >= 4 is 67.9 Å². The van der Waals surface area contributed by atoms with Crippen LogP contribution in [0, 0.1) is 25.4 Å². The molecule has 0 aliphatic carbocycles. The van der Waals surface area contributed by atoms with E-state index >= 15 is 0 Å². The number of fused-ring (bicyclic) bond motifs is 1. The lowest BCUT2D eigenvalue weighted by Gasteiger charge is -2.10. The third-order valence-electron chi connectivity index (χ3n) is 3.64. The molecule has 0 atom stereocenters. The number of hydrogen-bond donors (Lipinski definition) is 1. The summed E-state index contributed by atoms with van der Waals surface area (Å²) < 4.78 is 7.90. The Labute approximate surface area is 173 Å². The SMILES string of the molecule is CCOc1c(I)cc(I)cc1C=C(C#N)c1nc2ccc(C)cc2[nH]1. The number of rotatable bonds is 4. The van der Waals surface area contributed by atoms with E-state index in [0.29, 0.717) is 18.0 Å². The molecule has 1 N–H and O–H groups in total. The molecule has 3 aromatic rings. The van der Waals surface area contributed by atoms with Gasteiger partial charge < -0.3 is 9.72 Å². The number of nitriles is 1. The van der Waals surface area contributed by atoms with Crippen molar-refractivity contribution in [2.75, 3.05) is 6.61 Å². The molecule has 0 unspecified atom stereocenters. The minimum Gasteiger partial charge on any atom is -0.492 e. The fraction of sp³-hybridized carbons (Fsp3) is 0.158. The monoisotopic (exact) mass is 555 g/mol. The van der Waals surface area contributed by atoms with Crippen LogP contribution in [0.25, 0.3) is 22.7 Å². The van der Waals surface area contributed by atoms with E-state index in [1.165, 1.54) is 0 Å². The van der Waals surface area contributed by atoms with E-state index in [1.807, 2.05) is 44.2 Å². The van der Waals surface area contributed by atoms with Crippen molar-refractivity contribution < 1.29 is 4.74 Å². The Morgan fingerprint density at radius 2 is 2.12 bits per heavy atom. The molecule has 0 saturated carbocycles. The van der Waals surface area contributed by atoms with Gasteiger partial charge >= 0.3 is 0 Å². The summed E-state index contributed by atoms with van der Waals surface area (Å²) in [5, 5.41) is 9.66. The molecule has 4 nitrogen and oxygen atoms in total. The quantitative estimate of drug-likeness (QED) is 0.340. The molecular formula is C19H15I2N3O. The van der Waals surface area contributed by atoms with Crippen LogP contribution in [0.15, 0.2) is 30.3 Å². The number of benzene rings is 2. The number of halogens is 2. The van der Waals surface area contributed by atoms with Gasteiger partial charge in [0.1, 0.15) is 17.6 Å². The Bertz CT molecular complexity index is 1020. The lowest BCUT2D eigenvalue weighted by Crippen LogP contribution is -1.98. The second kappa shape index (κ2) is 7.74. The normalized spacial score (nSPS) is 11.6. The van der Waals surface area contributed by atoms with Gasteiger partial charge in [0, 0.05) is 9.13 Å². The summed E-state index contributed by atoms with van der Waals surface area (Å²) in [6.07, 6.45) is 1.83. The average molecular weight is 555 g/mol. The van der Waals surface area contributed by atoms with Crippen molar-refractivity contribution in [3.05, 3.63) is 54.4 Å². The Balaban J connectivity index is 2.13. The van der Waals surface area contributed by atoms with Crippen molar-refractivity contribution in [3.63, 3.8) is 0 Å². The van der Waals surface area contributed by atoms with E-state index in [9.17, 15) is 5.26 Å². The van der Waals surface area contributed by atoms with Crippen LogP contribution in [0.2, 0.25) is 0 Å². The van der Waals surface area contributed by atoms with E-state index in [2.05, 4.69) is 67.3 Å². The summed E-state index contributed by atoms with van der Waals surface area (Å²) in [5.41, 5.74) is 4.29. The Hall–Kier alpha value is -1.60. The van der Waals surface area contributed by atoms with Crippen molar-refractivity contribution in [2.24, 2.45) is 0 Å². The highest BCUT2D eigenvalue weighted by atomic mass is 127. The van der Waals surface area contributed by atoms with Gasteiger partial charge in [-0.15, -0.1) is 0 Å². The van der Waals surface area contributed by atoms with Crippen LogP contribution in [0.5, 0.6) is 5.75 Å². The summed E-state index contributed by atoms with van der Waals surface area (Å²) >= 11 is 4.53. The Kier molecular flexibility index (Phi) is 5.64. The van der Waals surface area contributed by atoms with Crippen molar-refractivity contribution in [3.8, 4) is 11.8 Å². The van der Waals surface area contributed by atoms with Gasteiger partial charge in [-0.25, -0.2) is 4.98 Å². The van der Waals surface area contributed by atoms with Crippen LogP contribution >= 0.6 is 45.2 Å². The minimum absolute atomic E-state index is 0.479. The van der Waals surface area contributed by atoms with Gasteiger partial charge in [0.2, 0.25) is 0 Å². The largest absolute Gasteiger partial charge is 0.492 e. The van der Waals surface area contributed by atoms with Crippen LogP contribution in [-0.2, 0) is 0 Å². The molecule has 25 heavy (non-hydrogen) atoms. The number of H-pyrrole nitrogens is 1. The van der Waals surface area contributed by atoms with E-state index in [4.69, 9.17) is 4.74 Å². The number of aromatic nitrogens is 2. The lowest BCUT2D eigenvalue weighted by molar-refractivity contribution is 0.337. The highest BCUT2D eigenvalue weighted by molar-refractivity contribution is 14.1. The molecule has 6 heteroatoms. The second-order valence-corrected chi connectivity index (χ2v) is 7.92. The zero-order chi connectivity index (χ0) is 18.0. The zero-order valence-corrected chi connectivity index (χ0v) is 18.0. The first-order valence-electron chi connectivity index (χ1n) is 7.72. The average Bonchev–Trinajstić information content (AvgIpc) is 2.98. The molecule has 126 valence electrons. The third kappa shape index (κ3) is 3.98. The summed E-state index contributed by atoms with van der Waals surface area (Å²) in [4.78, 5) is 7.79. The minimum atomic E-state index is 0.479. The molecule has 0 radical (unpaired) electrons. The number of nitrogens with zero attached hydrogens (tertiary/aromatic N) is 2. The van der Waals surface area contributed by atoms with Gasteiger partial charge in [0.15, 0.2) is 0 Å². The van der Waals surface area contributed by atoms with E-state index < -0.39 is 0 Å². The number of aryl methyl sites for hydroxylation is 1. The van der Waals surface area contributed by atoms with Gasteiger partial charge in [-0.05, 0) is 94.9 Å². The highest BCUT2D eigenvalue weighted by Crippen LogP contribution is 2.31. The van der Waals surface area contributed by atoms with Crippen LogP contribution in [0.3, 0.4) is 0 Å². The molecule has 0 bridgehead atoms. The van der Waals surface area contributed by atoms with Gasteiger partial charge in [0.05, 0.1) is 26.8 Å². The number of ether oxygens (including phenoxy) is 1. The number of nitrogens with one attached hydrogen (secondary N) is 1.